The summed E-state index contributed by atoms with van der Waals surface area (Å²) in [6.07, 6.45) is 7.43. The number of Topliss-reactive ketones (excluding diaryl/α,β-unsaturated/α-hetero) is 1. The molecule has 39 heavy (non-hydrogen) atoms. The summed E-state index contributed by atoms with van der Waals surface area (Å²) in [7, 11) is 0. The molecule has 2 atom stereocenters. The topological polar surface area (TPSA) is 92.9 Å². The van der Waals surface area contributed by atoms with Gasteiger partial charge in [-0.2, -0.15) is 0 Å². The van der Waals surface area contributed by atoms with E-state index in [1.165, 1.54) is 17.2 Å². The highest BCUT2D eigenvalue weighted by molar-refractivity contribution is 6.01. The Morgan fingerprint density at radius 2 is 2.03 bits per heavy atom. The number of piperidine rings is 1. The predicted molar refractivity (Wildman–Crippen MR) is 148 cm³/mol. The highest BCUT2D eigenvalue weighted by Gasteiger charge is 2.43. The Bertz CT molecular complexity index is 1350. The molecule has 2 aromatic carbocycles. The van der Waals surface area contributed by atoms with E-state index < -0.39 is 11.9 Å². The van der Waals surface area contributed by atoms with Gasteiger partial charge in [-0.1, -0.05) is 24.3 Å². The Hall–Kier alpha value is -3.46. The summed E-state index contributed by atoms with van der Waals surface area (Å²) in [6, 6.07) is 16.3. The Kier molecular flexibility index (Phi) is 7.25. The molecule has 1 amide bonds. The van der Waals surface area contributed by atoms with Crippen molar-refractivity contribution in [3.8, 4) is 5.75 Å². The van der Waals surface area contributed by atoms with Crippen molar-refractivity contribution in [3.05, 3.63) is 71.4 Å². The molecule has 3 aliphatic rings. The second-order valence-electron chi connectivity index (χ2n) is 10.9. The third kappa shape index (κ3) is 5.64. The van der Waals surface area contributed by atoms with Crippen LogP contribution in [-0.4, -0.2) is 53.2 Å². The van der Waals surface area contributed by atoms with Crippen molar-refractivity contribution >= 4 is 28.7 Å². The first-order chi connectivity index (χ1) is 19.0. The number of aromatic amines is 1. The van der Waals surface area contributed by atoms with E-state index in [0.717, 1.165) is 56.3 Å². The van der Waals surface area contributed by atoms with Crippen LogP contribution < -0.4 is 10.2 Å². The number of carbonyl (C=O) groups excluding carboxylic acids is 2. The minimum absolute atomic E-state index is 0.0887. The maximum Gasteiger partial charge on any atom is 0.267 e. The zero-order chi connectivity index (χ0) is 26.8. The number of fused-ring (bicyclic) bond motifs is 2. The number of hydroxylamine groups is 1. The van der Waals surface area contributed by atoms with E-state index in [1.54, 1.807) is 12.1 Å². The molecule has 6 rings (SSSR count). The quantitative estimate of drug-likeness (QED) is 0.332. The number of ketones is 1. The number of amides is 1. The predicted octanol–water partition coefficient (Wildman–Crippen LogP) is 5.32. The van der Waals surface area contributed by atoms with Crippen LogP contribution in [-0.2, 0) is 14.4 Å². The van der Waals surface area contributed by atoms with Crippen molar-refractivity contribution in [2.75, 3.05) is 19.7 Å². The van der Waals surface area contributed by atoms with Gasteiger partial charge in [-0.3, -0.25) is 14.5 Å². The molecule has 0 radical (unpaired) electrons. The summed E-state index contributed by atoms with van der Waals surface area (Å²) >= 11 is 0. The number of aromatic nitrogens is 1. The summed E-state index contributed by atoms with van der Waals surface area (Å²) in [5.41, 5.74) is 5.65. The molecule has 2 N–H and O–H groups in total. The average Bonchev–Trinajstić information content (AvgIpc) is 3.40. The molecule has 4 heterocycles. The Labute approximate surface area is 228 Å². The second kappa shape index (κ2) is 11.0. The minimum Gasteiger partial charge on any atom is -0.486 e. The lowest BCUT2D eigenvalue weighted by atomic mass is 9.81. The van der Waals surface area contributed by atoms with Crippen LogP contribution in [0.25, 0.3) is 17.0 Å². The first-order valence-electron chi connectivity index (χ1n) is 13.9. The molecule has 1 spiro atoms. The zero-order valence-corrected chi connectivity index (χ0v) is 22.3. The molecule has 3 aromatic rings. The summed E-state index contributed by atoms with van der Waals surface area (Å²) in [5.74, 6) is 0.338. The Morgan fingerprint density at radius 1 is 1.18 bits per heavy atom. The van der Waals surface area contributed by atoms with Gasteiger partial charge >= 0.3 is 0 Å². The SMILES string of the molecule is CC(c1cc2ccccc2[nH]1)N1CCC2(CC1)CC(=O)c1cc(C=CC(=O)NOC3CCCCO3)ccc1O2. The lowest BCUT2D eigenvalue weighted by Gasteiger charge is -2.45. The van der Waals surface area contributed by atoms with Crippen molar-refractivity contribution < 1.29 is 23.9 Å². The number of ether oxygens (including phenoxy) is 2. The number of likely N-dealkylation sites (tertiary alicyclic amines) is 1. The lowest BCUT2D eigenvalue weighted by molar-refractivity contribution is -0.198. The van der Waals surface area contributed by atoms with Crippen molar-refractivity contribution in [2.24, 2.45) is 0 Å². The van der Waals surface area contributed by atoms with E-state index in [9.17, 15) is 9.59 Å². The van der Waals surface area contributed by atoms with Gasteiger partial charge in [0.05, 0.1) is 12.0 Å². The monoisotopic (exact) mass is 529 g/mol. The van der Waals surface area contributed by atoms with Gasteiger partial charge in [-0.05, 0) is 61.1 Å². The largest absolute Gasteiger partial charge is 0.486 e. The Morgan fingerprint density at radius 3 is 2.82 bits per heavy atom. The minimum atomic E-state index is -0.462. The first kappa shape index (κ1) is 25.8. The van der Waals surface area contributed by atoms with Crippen LogP contribution in [0.3, 0.4) is 0 Å². The molecule has 0 aliphatic carbocycles. The maximum atomic E-state index is 13.2. The van der Waals surface area contributed by atoms with Crippen molar-refractivity contribution in [3.63, 3.8) is 0 Å². The summed E-state index contributed by atoms with van der Waals surface area (Å²) in [6.45, 7) is 4.60. The number of hydrogen-bond acceptors (Lipinski definition) is 6. The van der Waals surface area contributed by atoms with E-state index in [2.05, 4.69) is 46.6 Å². The number of rotatable bonds is 6. The molecular weight excluding hydrogens is 494 g/mol. The summed E-state index contributed by atoms with van der Waals surface area (Å²) < 4.78 is 12.0. The molecule has 2 unspecified atom stereocenters. The van der Waals surface area contributed by atoms with Crippen molar-refractivity contribution in [1.82, 2.24) is 15.4 Å². The molecule has 2 saturated heterocycles. The van der Waals surface area contributed by atoms with E-state index in [4.69, 9.17) is 14.3 Å². The van der Waals surface area contributed by atoms with Crippen LogP contribution >= 0.6 is 0 Å². The number of nitrogens with one attached hydrogen (secondary N) is 2. The molecule has 0 bridgehead atoms. The van der Waals surface area contributed by atoms with E-state index in [-0.39, 0.29) is 17.7 Å². The first-order valence-corrected chi connectivity index (χ1v) is 13.9. The molecule has 8 heteroatoms. The third-order valence-electron chi connectivity index (χ3n) is 8.23. The smallest absolute Gasteiger partial charge is 0.267 e. The van der Waals surface area contributed by atoms with Crippen LogP contribution in [0.15, 0.2) is 54.6 Å². The van der Waals surface area contributed by atoms with Crippen LogP contribution in [0.2, 0.25) is 0 Å². The van der Waals surface area contributed by atoms with Gasteiger partial charge in [0.15, 0.2) is 12.1 Å². The van der Waals surface area contributed by atoms with E-state index >= 15 is 0 Å². The number of nitrogens with zero attached hydrogens (tertiary/aromatic N) is 1. The molecule has 1 aromatic heterocycles. The van der Waals surface area contributed by atoms with Gasteiger partial charge in [0.1, 0.15) is 11.4 Å². The highest BCUT2D eigenvalue weighted by Crippen LogP contribution is 2.41. The van der Waals surface area contributed by atoms with Crippen LogP contribution in [0.5, 0.6) is 5.75 Å². The highest BCUT2D eigenvalue weighted by atomic mass is 16.8. The lowest BCUT2D eigenvalue weighted by Crippen LogP contribution is -2.51. The van der Waals surface area contributed by atoms with Gasteiger partial charge in [-0.25, -0.2) is 10.3 Å². The standard InChI is InChI=1S/C31H35N3O5/c1-21(26-19-23-6-2-3-7-25(23)32-26)34-15-13-31(14-16-34)20-27(35)24-18-22(9-11-28(24)38-31)10-12-29(36)33-39-30-8-4-5-17-37-30/h2-3,6-7,9-12,18-19,21,30,32H,4-5,8,13-17,20H2,1H3,(H,33,36). The van der Waals surface area contributed by atoms with Gasteiger partial charge in [0, 0.05) is 62.3 Å². The molecule has 3 aliphatic heterocycles. The average molecular weight is 530 g/mol. The molecule has 8 nitrogen and oxygen atoms in total. The fourth-order valence-electron chi connectivity index (χ4n) is 5.86. The zero-order valence-electron chi connectivity index (χ0n) is 22.3. The molecule has 204 valence electrons. The summed E-state index contributed by atoms with van der Waals surface area (Å²) in [5, 5.41) is 1.22. The maximum absolute atomic E-state index is 13.2. The fraction of sp³-hybridized carbons (Fsp3) is 0.419. The number of H-pyrrole nitrogens is 1. The van der Waals surface area contributed by atoms with Gasteiger partial charge in [0.25, 0.3) is 5.91 Å². The van der Waals surface area contributed by atoms with Crippen molar-refractivity contribution in [2.45, 2.75) is 63.4 Å². The van der Waals surface area contributed by atoms with Gasteiger partial charge in [-0.15, -0.1) is 0 Å². The summed E-state index contributed by atoms with van der Waals surface area (Å²) in [4.78, 5) is 36.7. The number of hydrogen-bond donors (Lipinski definition) is 2. The van der Waals surface area contributed by atoms with Crippen LogP contribution in [0, 0.1) is 0 Å². The van der Waals surface area contributed by atoms with Crippen molar-refractivity contribution in [1.29, 1.82) is 0 Å². The fourth-order valence-corrected chi connectivity index (χ4v) is 5.86. The van der Waals surface area contributed by atoms with Gasteiger partial charge in [0.2, 0.25) is 0 Å². The second-order valence-corrected chi connectivity index (χ2v) is 10.9. The Balaban J connectivity index is 1.06. The molecule has 0 saturated carbocycles. The molecule has 2 fully saturated rings. The van der Waals surface area contributed by atoms with Crippen LogP contribution in [0.1, 0.15) is 73.1 Å². The van der Waals surface area contributed by atoms with E-state index in [0.29, 0.717) is 24.3 Å². The van der Waals surface area contributed by atoms with Gasteiger partial charge < -0.3 is 14.5 Å². The van der Waals surface area contributed by atoms with Crippen LogP contribution in [0.4, 0.5) is 0 Å². The third-order valence-corrected chi connectivity index (χ3v) is 8.23. The molecular formula is C31H35N3O5. The van der Waals surface area contributed by atoms with E-state index in [1.807, 2.05) is 18.2 Å². The number of carbonyl (C=O) groups is 2. The number of para-hydroxylation sites is 1. The number of benzene rings is 2. The normalized spacial score (nSPS) is 22.1.